The van der Waals surface area contributed by atoms with Gasteiger partial charge in [-0.2, -0.15) is 0 Å². The van der Waals surface area contributed by atoms with Crippen molar-refractivity contribution in [1.29, 1.82) is 0 Å². The molecule has 0 spiro atoms. The molecule has 0 saturated heterocycles. The van der Waals surface area contributed by atoms with Crippen LogP contribution in [0.1, 0.15) is 24.6 Å². The van der Waals surface area contributed by atoms with Crippen LogP contribution in [0.25, 0.3) is 10.9 Å². The van der Waals surface area contributed by atoms with E-state index in [1.54, 1.807) is 12.4 Å². The standard InChI is InChI=1S/C24H27Cl2N5O/c1-4-12-31(5-2)20-13-16(3)30-23-17(20)8-6-9-21(23)32-15-18-19(25)14-29-24(22(18)26)28-11-7-10-27/h4-6,8-9,12-14H,2,7,10-11,15,27H2,1,3H3,(H,28,29)/b12-4-. The van der Waals surface area contributed by atoms with Crippen LogP contribution in [0.5, 0.6) is 5.75 Å². The molecular weight excluding hydrogens is 445 g/mol. The first-order chi connectivity index (χ1) is 15.5. The number of aromatic nitrogens is 2. The molecule has 0 aliphatic heterocycles. The Hall–Kier alpha value is -2.80. The quantitative estimate of drug-likeness (QED) is 0.349. The third kappa shape index (κ3) is 5.33. The number of halogens is 2. The summed E-state index contributed by atoms with van der Waals surface area (Å²) < 4.78 is 6.16. The van der Waals surface area contributed by atoms with E-state index in [1.807, 2.05) is 55.3 Å². The highest BCUT2D eigenvalue weighted by Crippen LogP contribution is 2.35. The summed E-state index contributed by atoms with van der Waals surface area (Å²) in [7, 11) is 0. The van der Waals surface area contributed by atoms with Crippen LogP contribution in [0.4, 0.5) is 11.5 Å². The van der Waals surface area contributed by atoms with E-state index in [0.717, 1.165) is 28.7 Å². The van der Waals surface area contributed by atoms with Gasteiger partial charge in [0.2, 0.25) is 0 Å². The molecule has 0 bridgehead atoms. The molecule has 3 rings (SSSR count). The van der Waals surface area contributed by atoms with Gasteiger partial charge in [-0.3, -0.25) is 0 Å². The van der Waals surface area contributed by atoms with E-state index in [9.17, 15) is 0 Å². The number of aryl methyl sites for hydroxylation is 1. The van der Waals surface area contributed by atoms with Gasteiger partial charge in [0.25, 0.3) is 0 Å². The largest absolute Gasteiger partial charge is 0.487 e. The SMILES string of the molecule is C=CN(/C=C\C)c1cc(C)nc2c(OCc3c(Cl)cnc(NCCCN)c3Cl)cccc12. The van der Waals surface area contributed by atoms with E-state index in [4.69, 9.17) is 38.7 Å². The van der Waals surface area contributed by atoms with Gasteiger partial charge in [0.1, 0.15) is 23.7 Å². The minimum atomic E-state index is 0.176. The first-order valence-electron chi connectivity index (χ1n) is 10.3. The maximum absolute atomic E-state index is 6.56. The zero-order chi connectivity index (χ0) is 23.1. The average molecular weight is 472 g/mol. The van der Waals surface area contributed by atoms with Crippen molar-refractivity contribution in [2.75, 3.05) is 23.3 Å². The third-order valence-corrected chi connectivity index (χ3v) is 5.54. The molecule has 32 heavy (non-hydrogen) atoms. The van der Waals surface area contributed by atoms with Crippen LogP contribution in [0.2, 0.25) is 10.0 Å². The van der Waals surface area contributed by atoms with E-state index >= 15 is 0 Å². The smallest absolute Gasteiger partial charge is 0.146 e. The lowest BCUT2D eigenvalue weighted by Gasteiger charge is -2.19. The number of nitrogens with zero attached hydrogens (tertiary/aromatic N) is 3. The van der Waals surface area contributed by atoms with Gasteiger partial charge in [-0.05, 0) is 38.9 Å². The van der Waals surface area contributed by atoms with Crippen molar-refractivity contribution < 1.29 is 4.74 Å². The van der Waals surface area contributed by atoms with E-state index in [2.05, 4.69) is 16.9 Å². The van der Waals surface area contributed by atoms with Crippen LogP contribution in [-0.4, -0.2) is 23.1 Å². The predicted molar refractivity (Wildman–Crippen MR) is 135 cm³/mol. The molecule has 0 aliphatic rings. The molecule has 168 valence electrons. The maximum atomic E-state index is 6.56. The lowest BCUT2D eigenvalue weighted by molar-refractivity contribution is 0.309. The molecule has 6 nitrogen and oxygen atoms in total. The summed E-state index contributed by atoms with van der Waals surface area (Å²) in [5, 5.41) is 5.01. The fourth-order valence-electron chi connectivity index (χ4n) is 3.28. The van der Waals surface area contributed by atoms with Gasteiger partial charge in [-0.25, -0.2) is 9.97 Å². The molecule has 0 aliphatic carbocycles. The maximum Gasteiger partial charge on any atom is 0.146 e. The summed E-state index contributed by atoms with van der Waals surface area (Å²) in [6, 6.07) is 7.85. The van der Waals surface area contributed by atoms with Crippen molar-refractivity contribution in [3.05, 3.63) is 76.8 Å². The fraction of sp³-hybridized carbons (Fsp3) is 0.250. The molecule has 2 aromatic heterocycles. The first-order valence-corrected chi connectivity index (χ1v) is 11.1. The van der Waals surface area contributed by atoms with Crippen LogP contribution in [0.3, 0.4) is 0 Å². The summed E-state index contributed by atoms with van der Waals surface area (Å²) >= 11 is 12.9. The lowest BCUT2D eigenvalue weighted by atomic mass is 10.1. The normalized spacial score (nSPS) is 11.2. The van der Waals surface area contributed by atoms with Crippen LogP contribution in [0.15, 0.2) is 55.5 Å². The van der Waals surface area contributed by atoms with Crippen LogP contribution in [-0.2, 0) is 6.61 Å². The highest BCUT2D eigenvalue weighted by Gasteiger charge is 2.16. The van der Waals surface area contributed by atoms with Crippen LogP contribution < -0.4 is 20.7 Å². The molecule has 3 N–H and O–H groups in total. The minimum Gasteiger partial charge on any atom is -0.487 e. The Morgan fingerprint density at radius 1 is 1.31 bits per heavy atom. The van der Waals surface area contributed by atoms with Gasteiger partial charge in [-0.1, -0.05) is 48.0 Å². The molecule has 0 radical (unpaired) electrons. The molecule has 2 heterocycles. The van der Waals surface area contributed by atoms with Gasteiger partial charge in [0.15, 0.2) is 0 Å². The monoisotopic (exact) mass is 471 g/mol. The highest BCUT2D eigenvalue weighted by molar-refractivity contribution is 6.37. The number of rotatable bonds is 10. The number of hydrogen-bond acceptors (Lipinski definition) is 6. The molecule has 0 amide bonds. The van der Waals surface area contributed by atoms with Crippen molar-refractivity contribution in [3.63, 3.8) is 0 Å². The van der Waals surface area contributed by atoms with E-state index in [0.29, 0.717) is 40.3 Å². The predicted octanol–water partition coefficient (Wildman–Crippen LogP) is 6.07. The first kappa shape index (κ1) is 23.9. The topological polar surface area (TPSA) is 76.3 Å². The van der Waals surface area contributed by atoms with E-state index in [-0.39, 0.29) is 6.61 Å². The molecule has 8 heteroatoms. The molecule has 0 unspecified atom stereocenters. The Kier molecular flexibility index (Phi) is 8.33. The van der Waals surface area contributed by atoms with Crippen molar-refractivity contribution in [2.45, 2.75) is 26.9 Å². The molecule has 3 aromatic rings. The molecular formula is C24H27Cl2N5O. The molecule has 0 fully saturated rings. The molecule has 1 aromatic carbocycles. The Bertz CT molecular complexity index is 1130. The second-order valence-electron chi connectivity index (χ2n) is 7.11. The van der Waals surface area contributed by atoms with E-state index < -0.39 is 0 Å². The summed E-state index contributed by atoms with van der Waals surface area (Å²) in [6.45, 7) is 9.27. The number of hydrogen-bond donors (Lipinski definition) is 2. The number of pyridine rings is 2. The van der Waals surface area contributed by atoms with Crippen molar-refractivity contribution in [1.82, 2.24) is 9.97 Å². The number of nitrogens with two attached hydrogens (primary N) is 1. The number of benzene rings is 1. The Balaban J connectivity index is 1.95. The van der Waals surface area contributed by atoms with Crippen LogP contribution in [0, 0.1) is 6.92 Å². The Labute approximate surface area is 198 Å². The number of para-hydroxylation sites is 1. The van der Waals surface area contributed by atoms with Crippen molar-refractivity contribution >= 4 is 45.6 Å². The molecule has 0 saturated carbocycles. The van der Waals surface area contributed by atoms with Gasteiger partial charge >= 0.3 is 0 Å². The number of allylic oxidation sites excluding steroid dienone is 1. The average Bonchev–Trinajstić information content (AvgIpc) is 2.78. The zero-order valence-corrected chi connectivity index (χ0v) is 19.7. The lowest BCUT2D eigenvalue weighted by Crippen LogP contribution is -2.11. The van der Waals surface area contributed by atoms with Crippen molar-refractivity contribution in [3.8, 4) is 5.75 Å². The summed E-state index contributed by atoms with van der Waals surface area (Å²) in [4.78, 5) is 11.0. The zero-order valence-electron chi connectivity index (χ0n) is 18.2. The third-order valence-electron chi connectivity index (χ3n) is 4.81. The van der Waals surface area contributed by atoms with Gasteiger partial charge < -0.3 is 20.7 Å². The minimum absolute atomic E-state index is 0.176. The summed E-state index contributed by atoms with van der Waals surface area (Å²) in [6.07, 6.45) is 8.04. The van der Waals surface area contributed by atoms with Crippen molar-refractivity contribution in [2.24, 2.45) is 5.73 Å². The van der Waals surface area contributed by atoms with Crippen LogP contribution >= 0.6 is 23.2 Å². The summed E-state index contributed by atoms with van der Waals surface area (Å²) in [5.74, 6) is 1.20. The van der Waals surface area contributed by atoms with Gasteiger partial charge in [0.05, 0.1) is 15.7 Å². The Morgan fingerprint density at radius 3 is 2.84 bits per heavy atom. The molecule has 0 atom stereocenters. The number of anilines is 2. The number of ether oxygens (including phenoxy) is 1. The number of fused-ring (bicyclic) bond motifs is 1. The fourth-order valence-corrected chi connectivity index (χ4v) is 3.79. The second-order valence-corrected chi connectivity index (χ2v) is 7.90. The van der Waals surface area contributed by atoms with Gasteiger partial charge in [-0.15, -0.1) is 0 Å². The van der Waals surface area contributed by atoms with E-state index in [1.165, 1.54) is 0 Å². The summed E-state index contributed by atoms with van der Waals surface area (Å²) in [5.41, 5.74) is 8.80. The number of nitrogens with one attached hydrogen (secondary N) is 1. The highest BCUT2D eigenvalue weighted by atomic mass is 35.5. The second kappa shape index (κ2) is 11.2. The van der Waals surface area contributed by atoms with Gasteiger partial charge in [0, 0.05) is 41.8 Å². The Morgan fingerprint density at radius 2 is 2.12 bits per heavy atom.